The maximum Gasteiger partial charge on any atom is 0.261 e. The number of likely N-dealkylation sites (tertiary alicyclic amines) is 1. The highest BCUT2D eigenvalue weighted by atomic mass is 16.8. The van der Waals surface area contributed by atoms with Crippen LogP contribution in [0, 0.1) is 0 Å². The molecule has 2 N–H and O–H groups in total. The molecule has 2 aliphatic rings. The van der Waals surface area contributed by atoms with Crippen LogP contribution in [0.4, 0.5) is 0 Å². The number of β-amino-alcohol motifs (C(OH)–C–C–N with tert-alkyl or cyclic N) is 1. The van der Waals surface area contributed by atoms with Gasteiger partial charge in [0.2, 0.25) is 0 Å². The molecule has 0 aromatic carbocycles. The maximum atomic E-state index is 12.1. The first-order valence-corrected chi connectivity index (χ1v) is 7.03. The first-order chi connectivity index (χ1) is 9.54. The van der Waals surface area contributed by atoms with E-state index in [0.717, 1.165) is 19.3 Å². The predicted octanol–water partition coefficient (Wildman–Crippen LogP) is -0.358. The molecule has 0 bridgehead atoms. The molecule has 0 spiro atoms. The van der Waals surface area contributed by atoms with Crippen molar-refractivity contribution in [1.82, 2.24) is 10.4 Å². The Hall–Kier alpha value is -0.730. The van der Waals surface area contributed by atoms with Crippen molar-refractivity contribution in [3.63, 3.8) is 0 Å². The second-order valence-corrected chi connectivity index (χ2v) is 5.67. The van der Waals surface area contributed by atoms with Crippen molar-refractivity contribution >= 4 is 5.91 Å². The van der Waals surface area contributed by atoms with Gasteiger partial charge in [-0.2, -0.15) is 0 Å². The molecular formula is C13H24N2O5. The van der Waals surface area contributed by atoms with Crippen molar-refractivity contribution in [3.05, 3.63) is 0 Å². The van der Waals surface area contributed by atoms with Crippen LogP contribution >= 0.6 is 0 Å². The quantitative estimate of drug-likeness (QED) is 0.673. The Morgan fingerprint density at radius 3 is 3.00 bits per heavy atom. The molecule has 7 heteroatoms. The summed E-state index contributed by atoms with van der Waals surface area (Å²) in [4.78, 5) is 19.2. The Morgan fingerprint density at radius 2 is 2.35 bits per heavy atom. The summed E-state index contributed by atoms with van der Waals surface area (Å²) in [6, 6.07) is -0.418. The Balaban J connectivity index is 1.80. The van der Waals surface area contributed by atoms with Gasteiger partial charge in [0.05, 0.1) is 12.6 Å². The number of hydrogen-bond acceptors (Lipinski definition) is 6. The van der Waals surface area contributed by atoms with Gasteiger partial charge in [-0.3, -0.25) is 9.69 Å². The van der Waals surface area contributed by atoms with Gasteiger partial charge in [-0.15, -0.1) is 0 Å². The van der Waals surface area contributed by atoms with E-state index in [1.54, 1.807) is 11.9 Å². The molecule has 0 aliphatic carbocycles. The highest BCUT2D eigenvalue weighted by molar-refractivity contribution is 5.81. The molecule has 7 nitrogen and oxygen atoms in total. The molecule has 3 atom stereocenters. The number of ether oxygens (including phenoxy) is 2. The van der Waals surface area contributed by atoms with Crippen LogP contribution in [0.2, 0.25) is 0 Å². The Labute approximate surface area is 119 Å². The van der Waals surface area contributed by atoms with Gasteiger partial charge in [0.1, 0.15) is 5.60 Å². The number of amides is 1. The molecule has 2 rings (SSSR count). The van der Waals surface area contributed by atoms with Crippen molar-refractivity contribution in [1.29, 1.82) is 0 Å². The van der Waals surface area contributed by atoms with Crippen LogP contribution in [0.5, 0.6) is 0 Å². The number of hydrogen-bond donors (Lipinski definition) is 2. The van der Waals surface area contributed by atoms with E-state index in [2.05, 4.69) is 5.48 Å². The van der Waals surface area contributed by atoms with Gasteiger partial charge in [-0.25, -0.2) is 10.3 Å². The Kier molecular flexibility index (Phi) is 5.34. The molecule has 1 amide bonds. The van der Waals surface area contributed by atoms with Crippen LogP contribution in [0.1, 0.15) is 25.7 Å². The van der Waals surface area contributed by atoms with Crippen LogP contribution in [-0.2, 0) is 19.1 Å². The second-order valence-electron chi connectivity index (χ2n) is 5.67. The average molecular weight is 288 g/mol. The molecule has 20 heavy (non-hydrogen) atoms. The first kappa shape index (κ1) is 15.7. The molecule has 0 saturated carbocycles. The zero-order valence-electron chi connectivity index (χ0n) is 12.1. The van der Waals surface area contributed by atoms with Gasteiger partial charge < -0.3 is 14.6 Å². The summed E-state index contributed by atoms with van der Waals surface area (Å²) in [5, 5.41) is 10.3. The highest BCUT2D eigenvalue weighted by Crippen LogP contribution is 2.26. The lowest BCUT2D eigenvalue weighted by Gasteiger charge is -2.24. The fraction of sp³-hybridized carbons (Fsp3) is 0.923. The summed E-state index contributed by atoms with van der Waals surface area (Å²) in [7, 11) is 3.34. The third kappa shape index (κ3) is 3.89. The molecular weight excluding hydrogens is 264 g/mol. The van der Waals surface area contributed by atoms with Crippen molar-refractivity contribution in [2.45, 2.75) is 43.6 Å². The Bertz CT molecular complexity index is 335. The average Bonchev–Trinajstić information content (AvgIpc) is 2.73. The van der Waals surface area contributed by atoms with Crippen LogP contribution in [0.3, 0.4) is 0 Å². The minimum absolute atomic E-state index is 0.216. The van der Waals surface area contributed by atoms with E-state index in [0.29, 0.717) is 19.6 Å². The zero-order valence-corrected chi connectivity index (χ0v) is 12.1. The lowest BCUT2D eigenvalue weighted by atomic mass is 10.0. The molecule has 116 valence electrons. The summed E-state index contributed by atoms with van der Waals surface area (Å²) in [6.07, 6.45) is 2.82. The summed E-state index contributed by atoms with van der Waals surface area (Å²) < 4.78 is 10.4. The van der Waals surface area contributed by atoms with E-state index >= 15 is 0 Å². The third-order valence-electron chi connectivity index (χ3n) is 3.79. The summed E-state index contributed by atoms with van der Waals surface area (Å²) in [5.74, 6) is -0.256. The number of likely N-dealkylation sites (N-methyl/N-ethyl adjacent to an activating group) is 1. The van der Waals surface area contributed by atoms with Gasteiger partial charge in [-0.1, -0.05) is 0 Å². The van der Waals surface area contributed by atoms with Gasteiger partial charge in [-0.05, 0) is 19.9 Å². The van der Waals surface area contributed by atoms with Crippen LogP contribution < -0.4 is 5.48 Å². The number of rotatable bonds is 5. The van der Waals surface area contributed by atoms with Gasteiger partial charge in [0.25, 0.3) is 5.91 Å². The smallest absolute Gasteiger partial charge is 0.261 e. The topological polar surface area (TPSA) is 80.3 Å². The number of aliphatic hydroxyl groups is 1. The van der Waals surface area contributed by atoms with E-state index in [1.807, 2.05) is 0 Å². The minimum atomic E-state index is -0.979. The predicted molar refractivity (Wildman–Crippen MR) is 70.7 cm³/mol. The third-order valence-corrected chi connectivity index (χ3v) is 3.79. The Morgan fingerprint density at radius 1 is 1.55 bits per heavy atom. The summed E-state index contributed by atoms with van der Waals surface area (Å²) in [6.45, 7) is 1.28. The van der Waals surface area contributed by atoms with E-state index < -0.39 is 11.6 Å². The molecule has 2 heterocycles. The number of nitrogens with zero attached hydrogens (tertiary/aromatic N) is 1. The lowest BCUT2D eigenvalue weighted by molar-refractivity contribution is -0.202. The number of nitrogens with one attached hydrogen (secondary N) is 1. The molecule has 0 aromatic heterocycles. The molecule has 2 saturated heterocycles. The van der Waals surface area contributed by atoms with Crippen molar-refractivity contribution in [2.24, 2.45) is 0 Å². The normalized spacial score (nSPS) is 35.1. The first-order valence-electron chi connectivity index (χ1n) is 7.03. The van der Waals surface area contributed by atoms with E-state index in [1.165, 1.54) is 7.11 Å². The molecule has 0 radical (unpaired) electrons. The standard InChI is InChI=1S/C13H24N2O5/c1-15-8-13(17,9-18-2)7-10(15)12(16)14-20-11-5-3-4-6-19-11/h10-11,17H,3-9H2,1-2H3,(H,14,16)/t10-,11?,13+/m0/s1. The molecule has 2 aliphatic heterocycles. The van der Waals surface area contributed by atoms with Gasteiger partial charge in [0.15, 0.2) is 6.29 Å². The molecule has 2 fully saturated rings. The maximum absolute atomic E-state index is 12.1. The van der Waals surface area contributed by atoms with Crippen LogP contribution in [-0.4, -0.2) is 67.8 Å². The van der Waals surface area contributed by atoms with Crippen LogP contribution in [0.15, 0.2) is 0 Å². The summed E-state index contributed by atoms with van der Waals surface area (Å²) in [5.41, 5.74) is 1.47. The SMILES string of the molecule is COC[C@@]1(O)C[C@@H](C(=O)NOC2CCCCO2)N(C)C1. The van der Waals surface area contributed by atoms with E-state index in [-0.39, 0.29) is 18.8 Å². The van der Waals surface area contributed by atoms with Gasteiger partial charge >= 0.3 is 0 Å². The van der Waals surface area contributed by atoms with Crippen LogP contribution in [0.25, 0.3) is 0 Å². The fourth-order valence-corrected chi connectivity index (χ4v) is 2.82. The molecule has 0 aromatic rings. The number of hydroxylamine groups is 1. The highest BCUT2D eigenvalue weighted by Gasteiger charge is 2.44. The summed E-state index contributed by atoms with van der Waals surface area (Å²) >= 11 is 0. The van der Waals surface area contributed by atoms with E-state index in [4.69, 9.17) is 14.3 Å². The zero-order chi connectivity index (χ0) is 14.6. The van der Waals surface area contributed by atoms with Crippen molar-refractivity contribution in [2.75, 3.05) is 33.9 Å². The number of methoxy groups -OCH3 is 1. The van der Waals surface area contributed by atoms with E-state index in [9.17, 15) is 9.90 Å². The molecule has 1 unspecified atom stereocenters. The largest absolute Gasteiger partial charge is 0.386 e. The van der Waals surface area contributed by atoms with Gasteiger partial charge in [0, 0.05) is 33.1 Å². The number of carbonyl (C=O) groups excluding carboxylic acids is 1. The monoisotopic (exact) mass is 288 g/mol. The van der Waals surface area contributed by atoms with Crippen molar-refractivity contribution in [3.8, 4) is 0 Å². The lowest BCUT2D eigenvalue weighted by Crippen LogP contribution is -2.43. The second kappa shape index (κ2) is 6.82. The fourth-order valence-electron chi connectivity index (χ4n) is 2.82. The minimum Gasteiger partial charge on any atom is -0.386 e. The number of carbonyl (C=O) groups is 1. The van der Waals surface area contributed by atoms with Crippen molar-refractivity contribution < 1.29 is 24.2 Å².